The minimum Gasteiger partial charge on any atom is -0.390 e. The average Bonchev–Trinajstić information content (AvgIpc) is 2.25. The third-order valence-corrected chi connectivity index (χ3v) is 2.11. The maximum atomic E-state index is 12.7. The summed E-state index contributed by atoms with van der Waals surface area (Å²) in [5.74, 6) is -0.655. The molecule has 1 aromatic heterocycles. The van der Waals surface area contributed by atoms with Gasteiger partial charge in [-0.25, -0.2) is 4.98 Å². The fraction of sp³-hybridized carbons (Fsp3) is 0.444. The van der Waals surface area contributed by atoms with Crippen LogP contribution in [0.15, 0.2) is 17.2 Å². The zero-order valence-corrected chi connectivity index (χ0v) is 8.58. The van der Waals surface area contributed by atoms with E-state index in [-0.39, 0.29) is 12.2 Å². The molecule has 1 aromatic rings. The van der Waals surface area contributed by atoms with Gasteiger partial charge >= 0.3 is 0 Å². The Bertz CT molecular complexity index is 420. The molecule has 1 heterocycles. The highest BCUT2D eigenvalue weighted by Gasteiger charge is 2.20. The SMILES string of the molecule is Cc1nc(F)ccc1C(O)C(O)CN=[N+]=[N-]. The Morgan fingerprint density at radius 1 is 1.56 bits per heavy atom. The van der Waals surface area contributed by atoms with Crippen molar-refractivity contribution in [2.75, 3.05) is 6.54 Å². The summed E-state index contributed by atoms with van der Waals surface area (Å²) in [7, 11) is 0. The predicted molar refractivity (Wildman–Crippen MR) is 53.9 cm³/mol. The number of aromatic nitrogens is 1. The summed E-state index contributed by atoms with van der Waals surface area (Å²) < 4.78 is 12.7. The van der Waals surface area contributed by atoms with Crippen LogP contribution in [0.3, 0.4) is 0 Å². The molecule has 16 heavy (non-hydrogen) atoms. The van der Waals surface area contributed by atoms with Gasteiger partial charge in [-0.3, -0.25) is 0 Å². The van der Waals surface area contributed by atoms with Crippen LogP contribution >= 0.6 is 0 Å². The fourth-order valence-electron chi connectivity index (χ4n) is 1.28. The zero-order chi connectivity index (χ0) is 12.1. The van der Waals surface area contributed by atoms with E-state index in [9.17, 15) is 14.6 Å². The summed E-state index contributed by atoms with van der Waals surface area (Å²) in [5, 5.41) is 22.3. The molecular formula is C9H11FN4O2. The Morgan fingerprint density at radius 2 is 2.25 bits per heavy atom. The van der Waals surface area contributed by atoms with Crippen LogP contribution in [0.4, 0.5) is 4.39 Å². The third-order valence-electron chi connectivity index (χ3n) is 2.11. The normalized spacial score (nSPS) is 14.0. The number of hydrogen-bond donors (Lipinski definition) is 2. The van der Waals surface area contributed by atoms with Crippen LogP contribution < -0.4 is 0 Å². The average molecular weight is 226 g/mol. The number of azide groups is 1. The van der Waals surface area contributed by atoms with Crippen molar-refractivity contribution in [2.45, 2.75) is 19.1 Å². The Kier molecular flexibility index (Phi) is 4.19. The molecule has 0 bridgehead atoms. The van der Waals surface area contributed by atoms with Gasteiger partial charge in [-0.2, -0.15) is 4.39 Å². The van der Waals surface area contributed by atoms with Crippen molar-refractivity contribution in [2.24, 2.45) is 5.11 Å². The quantitative estimate of drug-likeness (QED) is 0.349. The largest absolute Gasteiger partial charge is 0.390 e. The van der Waals surface area contributed by atoms with Crippen LogP contribution in [0, 0.1) is 12.9 Å². The van der Waals surface area contributed by atoms with E-state index in [0.29, 0.717) is 5.56 Å². The summed E-state index contributed by atoms with van der Waals surface area (Å²) in [5.41, 5.74) is 8.65. The van der Waals surface area contributed by atoms with E-state index in [4.69, 9.17) is 5.53 Å². The van der Waals surface area contributed by atoms with Crippen molar-refractivity contribution >= 4 is 0 Å². The maximum absolute atomic E-state index is 12.7. The number of aliphatic hydroxyl groups is 2. The Morgan fingerprint density at radius 3 is 2.81 bits per heavy atom. The third kappa shape index (κ3) is 2.90. The van der Waals surface area contributed by atoms with Crippen molar-refractivity contribution < 1.29 is 14.6 Å². The van der Waals surface area contributed by atoms with Gasteiger partial charge in [0.05, 0.1) is 12.6 Å². The lowest BCUT2D eigenvalue weighted by molar-refractivity contribution is 0.0237. The van der Waals surface area contributed by atoms with E-state index in [1.807, 2.05) is 0 Å². The van der Waals surface area contributed by atoms with Crippen LogP contribution in [0.5, 0.6) is 0 Å². The molecule has 0 aromatic carbocycles. The molecule has 0 aliphatic carbocycles. The first-order chi connectivity index (χ1) is 7.56. The monoisotopic (exact) mass is 226 g/mol. The summed E-state index contributed by atoms with van der Waals surface area (Å²) in [6, 6.07) is 2.42. The fourth-order valence-corrected chi connectivity index (χ4v) is 1.28. The molecule has 0 saturated heterocycles. The van der Waals surface area contributed by atoms with Crippen LogP contribution in [0.25, 0.3) is 10.4 Å². The van der Waals surface area contributed by atoms with Crippen molar-refractivity contribution in [3.05, 3.63) is 39.8 Å². The number of hydrogen-bond acceptors (Lipinski definition) is 4. The Balaban J connectivity index is 2.86. The van der Waals surface area contributed by atoms with Gasteiger partial charge in [0.25, 0.3) is 0 Å². The molecule has 0 fully saturated rings. The first-order valence-corrected chi connectivity index (χ1v) is 4.56. The summed E-state index contributed by atoms with van der Waals surface area (Å²) in [4.78, 5) is 5.98. The predicted octanol–water partition coefficient (Wildman–Crippen LogP) is 1.23. The van der Waals surface area contributed by atoms with Gasteiger partial charge in [-0.15, -0.1) is 0 Å². The highest BCUT2D eigenvalue weighted by atomic mass is 19.1. The summed E-state index contributed by atoms with van der Waals surface area (Å²) in [6.07, 6.45) is -2.49. The van der Waals surface area contributed by atoms with Gasteiger partial charge in [0, 0.05) is 16.2 Å². The van der Waals surface area contributed by atoms with E-state index in [1.54, 1.807) is 0 Å². The number of halogens is 1. The summed E-state index contributed by atoms with van der Waals surface area (Å²) in [6.45, 7) is 1.26. The Labute approximate surface area is 91.0 Å². The second-order valence-electron chi connectivity index (χ2n) is 3.23. The van der Waals surface area contributed by atoms with Gasteiger partial charge in [0.15, 0.2) is 0 Å². The van der Waals surface area contributed by atoms with Crippen LogP contribution in [0.1, 0.15) is 17.4 Å². The molecule has 0 spiro atoms. The lowest BCUT2D eigenvalue weighted by atomic mass is 10.0. The molecule has 0 aliphatic heterocycles. The van der Waals surface area contributed by atoms with Crippen molar-refractivity contribution in [3.8, 4) is 0 Å². The lowest BCUT2D eigenvalue weighted by Crippen LogP contribution is -2.22. The van der Waals surface area contributed by atoms with Crippen LogP contribution in [-0.4, -0.2) is 27.8 Å². The van der Waals surface area contributed by atoms with Gasteiger partial charge in [0.1, 0.15) is 6.10 Å². The molecule has 0 aliphatic rings. The van der Waals surface area contributed by atoms with E-state index in [1.165, 1.54) is 13.0 Å². The minimum atomic E-state index is -1.25. The van der Waals surface area contributed by atoms with E-state index in [0.717, 1.165) is 6.07 Å². The van der Waals surface area contributed by atoms with Crippen LogP contribution in [0.2, 0.25) is 0 Å². The molecule has 2 unspecified atom stereocenters. The Hall–Kier alpha value is -1.69. The molecule has 2 atom stereocenters. The number of nitrogens with zero attached hydrogens (tertiary/aromatic N) is 4. The molecule has 7 heteroatoms. The number of rotatable bonds is 4. The highest BCUT2D eigenvalue weighted by molar-refractivity contribution is 5.22. The van der Waals surface area contributed by atoms with Gasteiger partial charge in [0.2, 0.25) is 5.95 Å². The lowest BCUT2D eigenvalue weighted by Gasteiger charge is -2.17. The van der Waals surface area contributed by atoms with Crippen LogP contribution in [-0.2, 0) is 0 Å². The second kappa shape index (κ2) is 5.41. The first kappa shape index (κ1) is 12.4. The van der Waals surface area contributed by atoms with E-state index < -0.39 is 18.2 Å². The highest BCUT2D eigenvalue weighted by Crippen LogP contribution is 2.20. The van der Waals surface area contributed by atoms with Gasteiger partial charge in [-0.1, -0.05) is 5.11 Å². The number of pyridine rings is 1. The van der Waals surface area contributed by atoms with E-state index >= 15 is 0 Å². The van der Waals surface area contributed by atoms with Crippen molar-refractivity contribution in [1.29, 1.82) is 0 Å². The molecular weight excluding hydrogens is 215 g/mol. The minimum absolute atomic E-state index is 0.255. The van der Waals surface area contributed by atoms with Gasteiger partial charge < -0.3 is 10.2 Å². The second-order valence-corrected chi connectivity index (χ2v) is 3.23. The molecule has 2 N–H and O–H groups in total. The molecule has 1 rings (SSSR count). The number of aryl methyl sites for hydroxylation is 1. The molecule has 0 saturated carbocycles. The topological polar surface area (TPSA) is 102 Å². The molecule has 0 radical (unpaired) electrons. The smallest absolute Gasteiger partial charge is 0.213 e. The molecule has 6 nitrogen and oxygen atoms in total. The summed E-state index contributed by atoms with van der Waals surface area (Å²) >= 11 is 0. The number of aliphatic hydroxyl groups excluding tert-OH is 2. The van der Waals surface area contributed by atoms with Crippen molar-refractivity contribution in [3.63, 3.8) is 0 Å². The van der Waals surface area contributed by atoms with Gasteiger partial charge in [-0.05, 0) is 24.6 Å². The van der Waals surface area contributed by atoms with Crippen molar-refractivity contribution in [1.82, 2.24) is 4.98 Å². The molecule has 0 amide bonds. The van der Waals surface area contributed by atoms with E-state index in [2.05, 4.69) is 15.0 Å². The first-order valence-electron chi connectivity index (χ1n) is 4.56. The zero-order valence-electron chi connectivity index (χ0n) is 8.58. The maximum Gasteiger partial charge on any atom is 0.213 e. The molecule has 86 valence electrons. The standard InChI is InChI=1S/C9H11FN4O2/c1-5-6(2-3-8(10)13-5)9(16)7(15)4-12-14-11/h2-3,7,9,15-16H,4H2,1H3.